The van der Waals surface area contributed by atoms with Gasteiger partial charge in [0.1, 0.15) is 0 Å². The van der Waals surface area contributed by atoms with Crippen LogP contribution in [0.4, 0.5) is 0 Å². The quantitative estimate of drug-likeness (QED) is 0.593. The minimum atomic E-state index is -0.693. The fraction of sp³-hybridized carbons (Fsp3) is 0.875. The van der Waals surface area contributed by atoms with Crippen LogP contribution in [0, 0.1) is 11.3 Å². The van der Waals surface area contributed by atoms with E-state index >= 15 is 0 Å². The summed E-state index contributed by atoms with van der Waals surface area (Å²) in [6.07, 6.45) is 1.74. The van der Waals surface area contributed by atoms with Gasteiger partial charge in [0.05, 0.1) is 18.1 Å². The highest BCUT2D eigenvalue weighted by atomic mass is 16.3. The van der Waals surface area contributed by atoms with Crippen LogP contribution in [0.5, 0.6) is 0 Å². The molecule has 1 aliphatic heterocycles. The third kappa shape index (κ3) is 2.18. The molecular formula is C8H14N2O. The van der Waals surface area contributed by atoms with Gasteiger partial charge in [-0.05, 0) is 19.9 Å². The second kappa shape index (κ2) is 3.21. The standard InChI is InChI=1S/C8H14N2O/c1-10-6-3-8(11,2-5-9)4-7-10/h11H,2-4,6-7H2,1H3. The molecule has 0 bridgehead atoms. The lowest BCUT2D eigenvalue weighted by Gasteiger charge is -2.34. The second-order valence-electron chi connectivity index (χ2n) is 3.36. The van der Waals surface area contributed by atoms with Crippen LogP contribution in [0.15, 0.2) is 0 Å². The van der Waals surface area contributed by atoms with E-state index in [-0.39, 0.29) is 6.42 Å². The average Bonchev–Trinajstić information content (AvgIpc) is 1.97. The first-order chi connectivity index (χ1) is 5.16. The molecular weight excluding hydrogens is 140 g/mol. The van der Waals surface area contributed by atoms with Crippen molar-refractivity contribution in [3.63, 3.8) is 0 Å². The van der Waals surface area contributed by atoms with Crippen LogP contribution in [-0.4, -0.2) is 35.7 Å². The van der Waals surface area contributed by atoms with Crippen molar-refractivity contribution in [3.8, 4) is 6.07 Å². The maximum Gasteiger partial charge on any atom is 0.0801 e. The van der Waals surface area contributed by atoms with Crippen LogP contribution in [0.1, 0.15) is 19.3 Å². The zero-order valence-electron chi connectivity index (χ0n) is 6.88. The van der Waals surface area contributed by atoms with E-state index in [2.05, 4.69) is 4.90 Å². The Labute approximate surface area is 67.2 Å². The predicted octanol–water partition coefficient (Wildman–Crippen LogP) is 0.357. The Hall–Kier alpha value is -0.590. The lowest BCUT2D eigenvalue weighted by molar-refractivity contribution is -0.0114. The molecule has 0 atom stereocenters. The van der Waals surface area contributed by atoms with Crippen LogP contribution in [0.2, 0.25) is 0 Å². The molecule has 1 fully saturated rings. The molecule has 0 aromatic carbocycles. The summed E-state index contributed by atoms with van der Waals surface area (Å²) in [5.74, 6) is 0. The van der Waals surface area contributed by atoms with Crippen molar-refractivity contribution in [2.75, 3.05) is 20.1 Å². The number of hydrogen-bond acceptors (Lipinski definition) is 3. The minimum absolute atomic E-state index is 0.279. The first-order valence-electron chi connectivity index (χ1n) is 3.94. The third-order valence-corrected chi connectivity index (χ3v) is 2.33. The summed E-state index contributed by atoms with van der Waals surface area (Å²) in [6.45, 7) is 1.80. The van der Waals surface area contributed by atoms with Gasteiger partial charge in [-0.15, -0.1) is 0 Å². The van der Waals surface area contributed by atoms with Gasteiger partial charge in [0.25, 0.3) is 0 Å². The lowest BCUT2D eigenvalue weighted by atomic mass is 9.89. The number of nitrogens with zero attached hydrogens (tertiary/aromatic N) is 2. The van der Waals surface area contributed by atoms with Gasteiger partial charge in [-0.2, -0.15) is 5.26 Å². The number of nitriles is 1. The highest BCUT2D eigenvalue weighted by Gasteiger charge is 2.30. The van der Waals surface area contributed by atoms with Crippen LogP contribution >= 0.6 is 0 Å². The smallest absolute Gasteiger partial charge is 0.0801 e. The number of rotatable bonds is 1. The van der Waals surface area contributed by atoms with E-state index in [1.807, 2.05) is 13.1 Å². The molecule has 0 aliphatic carbocycles. The SMILES string of the molecule is CN1CCC(O)(CC#N)CC1. The van der Waals surface area contributed by atoms with Crippen LogP contribution in [0.25, 0.3) is 0 Å². The van der Waals surface area contributed by atoms with Gasteiger partial charge < -0.3 is 10.0 Å². The Morgan fingerprint density at radius 3 is 2.55 bits per heavy atom. The Balaban J connectivity index is 2.43. The fourth-order valence-electron chi connectivity index (χ4n) is 1.36. The molecule has 0 spiro atoms. The van der Waals surface area contributed by atoms with Crippen molar-refractivity contribution in [2.45, 2.75) is 24.9 Å². The molecule has 0 unspecified atom stereocenters. The molecule has 1 aliphatic rings. The molecule has 3 nitrogen and oxygen atoms in total. The van der Waals surface area contributed by atoms with Crippen molar-refractivity contribution in [3.05, 3.63) is 0 Å². The maximum atomic E-state index is 9.74. The second-order valence-corrected chi connectivity index (χ2v) is 3.36. The predicted molar refractivity (Wildman–Crippen MR) is 41.9 cm³/mol. The Kier molecular flexibility index (Phi) is 2.48. The van der Waals surface area contributed by atoms with Gasteiger partial charge in [0.2, 0.25) is 0 Å². The zero-order valence-corrected chi connectivity index (χ0v) is 6.88. The molecule has 1 saturated heterocycles. The van der Waals surface area contributed by atoms with Crippen molar-refractivity contribution in [1.29, 1.82) is 5.26 Å². The lowest BCUT2D eigenvalue weighted by Crippen LogP contribution is -2.42. The summed E-state index contributed by atoms with van der Waals surface area (Å²) in [4.78, 5) is 2.17. The summed E-state index contributed by atoms with van der Waals surface area (Å²) >= 11 is 0. The van der Waals surface area contributed by atoms with E-state index in [4.69, 9.17) is 5.26 Å². The van der Waals surface area contributed by atoms with E-state index in [1.54, 1.807) is 0 Å². The summed E-state index contributed by atoms with van der Waals surface area (Å²) in [7, 11) is 2.03. The van der Waals surface area contributed by atoms with E-state index in [1.165, 1.54) is 0 Å². The van der Waals surface area contributed by atoms with E-state index in [9.17, 15) is 5.11 Å². The molecule has 1 heterocycles. The Morgan fingerprint density at radius 1 is 1.55 bits per heavy atom. The van der Waals surface area contributed by atoms with E-state index in [0.29, 0.717) is 0 Å². The van der Waals surface area contributed by atoms with E-state index in [0.717, 1.165) is 25.9 Å². The van der Waals surface area contributed by atoms with Gasteiger partial charge in [0.15, 0.2) is 0 Å². The zero-order chi connectivity index (χ0) is 8.32. The van der Waals surface area contributed by atoms with Crippen molar-refractivity contribution >= 4 is 0 Å². The van der Waals surface area contributed by atoms with Crippen molar-refractivity contribution < 1.29 is 5.11 Å². The summed E-state index contributed by atoms with van der Waals surface area (Å²) < 4.78 is 0. The summed E-state index contributed by atoms with van der Waals surface area (Å²) in [5, 5.41) is 18.2. The van der Waals surface area contributed by atoms with E-state index < -0.39 is 5.60 Å². The number of aliphatic hydroxyl groups is 1. The molecule has 0 radical (unpaired) electrons. The molecule has 11 heavy (non-hydrogen) atoms. The Bertz CT molecular complexity index is 165. The topological polar surface area (TPSA) is 47.3 Å². The molecule has 62 valence electrons. The molecule has 1 rings (SSSR count). The molecule has 0 aromatic rings. The normalized spacial score (nSPS) is 24.5. The first-order valence-corrected chi connectivity index (χ1v) is 3.94. The fourth-order valence-corrected chi connectivity index (χ4v) is 1.36. The average molecular weight is 154 g/mol. The van der Waals surface area contributed by atoms with Crippen LogP contribution < -0.4 is 0 Å². The van der Waals surface area contributed by atoms with Gasteiger partial charge in [-0.25, -0.2) is 0 Å². The van der Waals surface area contributed by atoms with Gasteiger partial charge >= 0.3 is 0 Å². The highest BCUT2D eigenvalue weighted by Crippen LogP contribution is 2.23. The highest BCUT2D eigenvalue weighted by molar-refractivity contribution is 4.92. The van der Waals surface area contributed by atoms with Gasteiger partial charge in [-0.3, -0.25) is 0 Å². The largest absolute Gasteiger partial charge is 0.389 e. The number of piperidine rings is 1. The van der Waals surface area contributed by atoms with Gasteiger partial charge in [-0.1, -0.05) is 0 Å². The molecule has 3 heteroatoms. The van der Waals surface area contributed by atoms with Crippen molar-refractivity contribution in [2.24, 2.45) is 0 Å². The third-order valence-electron chi connectivity index (χ3n) is 2.33. The van der Waals surface area contributed by atoms with Crippen molar-refractivity contribution in [1.82, 2.24) is 4.90 Å². The first kappa shape index (κ1) is 8.51. The van der Waals surface area contributed by atoms with Crippen LogP contribution in [-0.2, 0) is 0 Å². The monoisotopic (exact) mass is 154 g/mol. The minimum Gasteiger partial charge on any atom is -0.389 e. The van der Waals surface area contributed by atoms with Crippen LogP contribution in [0.3, 0.4) is 0 Å². The Morgan fingerprint density at radius 2 is 2.09 bits per heavy atom. The summed E-state index contributed by atoms with van der Waals surface area (Å²) in [6, 6.07) is 2.02. The molecule has 0 amide bonds. The van der Waals surface area contributed by atoms with Gasteiger partial charge in [0, 0.05) is 13.1 Å². The molecule has 0 saturated carbocycles. The molecule has 0 aromatic heterocycles. The maximum absolute atomic E-state index is 9.74. The molecule has 1 N–H and O–H groups in total. The number of likely N-dealkylation sites (tertiary alicyclic amines) is 1. The summed E-state index contributed by atoms with van der Waals surface area (Å²) in [5.41, 5.74) is -0.693. The number of hydrogen-bond donors (Lipinski definition) is 1.